The minimum atomic E-state index is -3.83. The van der Waals surface area contributed by atoms with Gasteiger partial charge >= 0.3 is 0 Å². The number of benzene rings is 1. The van der Waals surface area contributed by atoms with Crippen molar-refractivity contribution >= 4 is 39.2 Å². The highest BCUT2D eigenvalue weighted by molar-refractivity contribution is 7.89. The summed E-state index contributed by atoms with van der Waals surface area (Å²) in [6.45, 7) is 0. The zero-order valence-electron chi connectivity index (χ0n) is 7.95. The predicted molar refractivity (Wildman–Crippen MR) is 57.0 cm³/mol. The van der Waals surface area contributed by atoms with E-state index < -0.39 is 21.6 Å². The van der Waals surface area contributed by atoms with Crippen molar-refractivity contribution in [3.63, 3.8) is 0 Å². The Morgan fingerprint density at radius 1 is 1.31 bits per heavy atom. The van der Waals surface area contributed by atoms with Crippen molar-refractivity contribution in [3.8, 4) is 0 Å². The second-order valence-electron chi connectivity index (χ2n) is 2.76. The molecule has 0 aromatic heterocycles. The molecule has 0 bridgehead atoms. The van der Waals surface area contributed by atoms with Crippen molar-refractivity contribution in [2.24, 2.45) is 0 Å². The number of sulfonamides is 1. The molecule has 0 saturated carbocycles. The maximum atomic E-state index is 11.5. The fourth-order valence-electron chi connectivity index (χ4n) is 1.00. The highest BCUT2D eigenvalue weighted by Gasteiger charge is 2.18. The van der Waals surface area contributed by atoms with E-state index in [-0.39, 0.29) is 14.9 Å². The predicted octanol–water partition coefficient (Wildman–Crippen LogP) is 0.265. The molecule has 0 aliphatic carbocycles. The number of carboxylic acid groups (broad SMARTS) is 1. The summed E-state index contributed by atoms with van der Waals surface area (Å²) >= 11 is 11.2. The largest absolute Gasteiger partial charge is 0.545 e. The van der Waals surface area contributed by atoms with Crippen molar-refractivity contribution in [2.45, 2.75) is 4.90 Å². The lowest BCUT2D eigenvalue weighted by molar-refractivity contribution is -0.255. The van der Waals surface area contributed by atoms with Crippen LogP contribution in [0.1, 0.15) is 10.4 Å². The molecule has 0 radical (unpaired) electrons. The van der Waals surface area contributed by atoms with E-state index >= 15 is 0 Å². The molecule has 0 spiro atoms. The van der Waals surface area contributed by atoms with E-state index in [1.54, 1.807) is 0 Å². The molecular formula is C8H6Cl2NO4S-. The van der Waals surface area contributed by atoms with Crippen LogP contribution < -0.4 is 9.83 Å². The van der Waals surface area contributed by atoms with Crippen LogP contribution in [0.4, 0.5) is 0 Å². The fraction of sp³-hybridized carbons (Fsp3) is 0.125. The summed E-state index contributed by atoms with van der Waals surface area (Å²) in [5, 5.41) is 10.3. The van der Waals surface area contributed by atoms with Crippen LogP contribution in [0.2, 0.25) is 10.0 Å². The van der Waals surface area contributed by atoms with Gasteiger partial charge < -0.3 is 9.90 Å². The Morgan fingerprint density at radius 3 is 2.31 bits per heavy atom. The zero-order valence-corrected chi connectivity index (χ0v) is 10.3. The van der Waals surface area contributed by atoms with Gasteiger partial charge in [0.2, 0.25) is 10.0 Å². The smallest absolute Gasteiger partial charge is 0.241 e. The van der Waals surface area contributed by atoms with E-state index in [1.165, 1.54) is 7.05 Å². The molecule has 0 aliphatic heterocycles. The Labute approximate surface area is 102 Å². The standard InChI is InChI=1S/C8H7Cl2NO4S/c1-11-16(14,15)7-2-4(8(12)13)5(9)3-6(7)10/h2-3,11H,1H3,(H,12,13)/p-1. The molecule has 0 amide bonds. The van der Waals surface area contributed by atoms with Crippen LogP contribution in [0.25, 0.3) is 0 Å². The fourth-order valence-corrected chi connectivity index (χ4v) is 2.58. The molecule has 0 aliphatic rings. The second-order valence-corrected chi connectivity index (χ2v) is 5.43. The molecule has 1 aromatic carbocycles. The van der Waals surface area contributed by atoms with Crippen molar-refractivity contribution in [1.82, 2.24) is 4.72 Å². The number of rotatable bonds is 3. The minimum Gasteiger partial charge on any atom is -0.545 e. The van der Waals surface area contributed by atoms with Crippen LogP contribution >= 0.6 is 23.2 Å². The maximum absolute atomic E-state index is 11.5. The van der Waals surface area contributed by atoms with Crippen molar-refractivity contribution in [3.05, 3.63) is 27.7 Å². The topological polar surface area (TPSA) is 86.3 Å². The molecule has 5 nitrogen and oxygen atoms in total. The molecule has 88 valence electrons. The van der Waals surface area contributed by atoms with Crippen molar-refractivity contribution < 1.29 is 18.3 Å². The molecule has 1 N–H and O–H groups in total. The summed E-state index contributed by atoms with van der Waals surface area (Å²) in [7, 11) is -2.65. The quantitative estimate of drug-likeness (QED) is 0.862. The third-order valence-electron chi connectivity index (χ3n) is 1.80. The number of carbonyl (C=O) groups is 1. The maximum Gasteiger partial charge on any atom is 0.241 e. The van der Waals surface area contributed by atoms with Gasteiger partial charge in [0, 0.05) is 5.56 Å². The first-order valence-electron chi connectivity index (χ1n) is 3.93. The molecular weight excluding hydrogens is 277 g/mol. The third-order valence-corrected chi connectivity index (χ3v) is 3.99. The Morgan fingerprint density at radius 2 is 1.88 bits per heavy atom. The zero-order chi connectivity index (χ0) is 12.5. The normalized spacial score (nSPS) is 11.4. The van der Waals surface area contributed by atoms with E-state index in [4.69, 9.17) is 23.2 Å². The van der Waals surface area contributed by atoms with Gasteiger partial charge in [-0.15, -0.1) is 0 Å². The molecule has 8 heteroatoms. The average Bonchev–Trinajstić information content (AvgIpc) is 2.16. The van der Waals surface area contributed by atoms with Crippen LogP contribution in [0.3, 0.4) is 0 Å². The molecule has 0 heterocycles. The van der Waals surface area contributed by atoms with Crippen LogP contribution in [0.5, 0.6) is 0 Å². The number of hydrogen-bond acceptors (Lipinski definition) is 4. The van der Waals surface area contributed by atoms with E-state index in [2.05, 4.69) is 0 Å². The van der Waals surface area contributed by atoms with Gasteiger partial charge in [0.05, 0.1) is 16.0 Å². The number of carboxylic acids is 1. The SMILES string of the molecule is CNS(=O)(=O)c1cc(C(=O)[O-])c(Cl)cc1Cl. The summed E-state index contributed by atoms with van der Waals surface area (Å²) in [4.78, 5) is 10.3. The number of aromatic carboxylic acids is 1. The first-order valence-corrected chi connectivity index (χ1v) is 6.17. The van der Waals surface area contributed by atoms with Crippen LogP contribution in [0.15, 0.2) is 17.0 Å². The molecule has 0 saturated heterocycles. The number of nitrogens with one attached hydrogen (secondary N) is 1. The molecule has 0 unspecified atom stereocenters. The third kappa shape index (κ3) is 2.46. The van der Waals surface area contributed by atoms with Gasteiger partial charge in [0.25, 0.3) is 0 Å². The Kier molecular flexibility index (Phi) is 3.80. The number of carbonyl (C=O) groups excluding carboxylic acids is 1. The highest BCUT2D eigenvalue weighted by Crippen LogP contribution is 2.28. The van der Waals surface area contributed by atoms with E-state index in [0.717, 1.165) is 12.1 Å². The Balaban J connectivity index is 3.55. The molecule has 1 aromatic rings. The monoisotopic (exact) mass is 282 g/mol. The second kappa shape index (κ2) is 4.58. The molecule has 0 fully saturated rings. The van der Waals surface area contributed by atoms with Gasteiger partial charge in [0.15, 0.2) is 0 Å². The lowest BCUT2D eigenvalue weighted by Crippen LogP contribution is -2.24. The van der Waals surface area contributed by atoms with Crippen molar-refractivity contribution in [2.75, 3.05) is 7.05 Å². The molecule has 1 rings (SSSR count). The lowest BCUT2D eigenvalue weighted by Gasteiger charge is -2.10. The number of hydrogen-bond donors (Lipinski definition) is 1. The van der Waals surface area contributed by atoms with Gasteiger partial charge in [0.1, 0.15) is 4.90 Å². The van der Waals surface area contributed by atoms with E-state index in [0.29, 0.717) is 0 Å². The van der Waals surface area contributed by atoms with Crippen LogP contribution in [0, 0.1) is 0 Å². The molecule has 0 atom stereocenters. The molecule has 16 heavy (non-hydrogen) atoms. The Bertz CT molecular complexity index is 541. The first-order chi connectivity index (χ1) is 7.29. The Hall–Kier alpha value is -0.820. The minimum absolute atomic E-state index is 0.163. The summed E-state index contributed by atoms with van der Waals surface area (Å²) in [5.74, 6) is -1.57. The van der Waals surface area contributed by atoms with Gasteiger partial charge in [-0.05, 0) is 19.2 Å². The van der Waals surface area contributed by atoms with Gasteiger partial charge in [-0.3, -0.25) is 0 Å². The number of halogens is 2. The van der Waals surface area contributed by atoms with Gasteiger partial charge in [-0.2, -0.15) is 0 Å². The lowest BCUT2D eigenvalue weighted by atomic mass is 10.2. The van der Waals surface area contributed by atoms with E-state index in [9.17, 15) is 18.3 Å². The summed E-state index contributed by atoms with van der Waals surface area (Å²) in [6, 6.07) is 1.89. The average molecular weight is 283 g/mol. The highest BCUT2D eigenvalue weighted by atomic mass is 35.5. The summed E-state index contributed by atoms with van der Waals surface area (Å²) < 4.78 is 24.9. The van der Waals surface area contributed by atoms with Crippen LogP contribution in [-0.4, -0.2) is 21.4 Å². The van der Waals surface area contributed by atoms with Crippen LogP contribution in [-0.2, 0) is 10.0 Å². The van der Waals surface area contributed by atoms with Crippen molar-refractivity contribution in [1.29, 1.82) is 0 Å². The summed E-state index contributed by atoms with van der Waals surface area (Å²) in [6.07, 6.45) is 0. The summed E-state index contributed by atoms with van der Waals surface area (Å²) in [5.41, 5.74) is -0.431. The van der Waals surface area contributed by atoms with Gasteiger partial charge in [-0.1, -0.05) is 23.2 Å². The van der Waals surface area contributed by atoms with E-state index in [1.807, 2.05) is 4.72 Å². The first kappa shape index (κ1) is 13.2. The van der Waals surface area contributed by atoms with Gasteiger partial charge in [-0.25, -0.2) is 13.1 Å².